The SMILES string of the molecule is CN1CCC(OC(=O)NC2(c3ccccc3)C=CC=C(CCCC(=O)O)C2)CC1. The van der Waals surface area contributed by atoms with Crippen LogP contribution in [0.2, 0.25) is 0 Å². The number of nitrogens with one attached hydrogen (secondary N) is 1. The second-order valence-electron chi connectivity index (χ2n) is 7.98. The van der Waals surface area contributed by atoms with Gasteiger partial charge in [-0.3, -0.25) is 4.79 Å². The highest BCUT2D eigenvalue weighted by Crippen LogP contribution is 2.35. The molecular formula is C23H30N2O4. The average molecular weight is 399 g/mol. The Morgan fingerprint density at radius 1 is 1.24 bits per heavy atom. The monoisotopic (exact) mass is 398 g/mol. The molecule has 0 spiro atoms. The molecule has 3 rings (SSSR count). The maximum atomic E-state index is 12.8. The zero-order chi connectivity index (χ0) is 20.7. The van der Waals surface area contributed by atoms with E-state index in [4.69, 9.17) is 9.84 Å². The molecule has 1 atom stereocenters. The fourth-order valence-electron chi connectivity index (χ4n) is 4.02. The van der Waals surface area contributed by atoms with Crippen molar-refractivity contribution in [2.24, 2.45) is 0 Å². The molecule has 6 nitrogen and oxygen atoms in total. The third-order valence-electron chi connectivity index (χ3n) is 5.66. The van der Waals surface area contributed by atoms with Crippen LogP contribution in [0.15, 0.2) is 54.1 Å². The number of carbonyl (C=O) groups excluding carboxylic acids is 1. The Bertz CT molecular complexity index is 766. The van der Waals surface area contributed by atoms with Gasteiger partial charge in [0.1, 0.15) is 6.10 Å². The number of ether oxygens (including phenoxy) is 1. The van der Waals surface area contributed by atoms with E-state index in [9.17, 15) is 9.59 Å². The van der Waals surface area contributed by atoms with Gasteiger partial charge < -0.3 is 20.1 Å². The molecule has 29 heavy (non-hydrogen) atoms. The first-order chi connectivity index (χ1) is 14.0. The highest BCUT2D eigenvalue weighted by molar-refractivity contribution is 5.70. The summed E-state index contributed by atoms with van der Waals surface area (Å²) in [7, 11) is 2.08. The number of rotatable bonds is 7. The molecule has 1 heterocycles. The van der Waals surface area contributed by atoms with E-state index in [2.05, 4.69) is 17.3 Å². The molecule has 2 aliphatic rings. The summed E-state index contributed by atoms with van der Waals surface area (Å²) in [5.74, 6) is -0.786. The molecule has 1 amide bonds. The van der Waals surface area contributed by atoms with Crippen molar-refractivity contribution in [1.82, 2.24) is 10.2 Å². The van der Waals surface area contributed by atoms with Gasteiger partial charge >= 0.3 is 12.1 Å². The van der Waals surface area contributed by atoms with Crippen molar-refractivity contribution in [2.75, 3.05) is 20.1 Å². The van der Waals surface area contributed by atoms with Gasteiger partial charge in [-0.25, -0.2) is 4.79 Å². The van der Waals surface area contributed by atoms with Crippen molar-refractivity contribution in [3.05, 3.63) is 59.7 Å². The van der Waals surface area contributed by atoms with Gasteiger partial charge in [-0.2, -0.15) is 0 Å². The lowest BCUT2D eigenvalue weighted by Crippen LogP contribution is -2.47. The number of likely N-dealkylation sites (tertiary alicyclic amines) is 1. The zero-order valence-corrected chi connectivity index (χ0v) is 17.0. The molecule has 1 saturated heterocycles. The number of aliphatic carboxylic acids is 1. The fourth-order valence-corrected chi connectivity index (χ4v) is 4.02. The van der Waals surface area contributed by atoms with Gasteiger partial charge in [0, 0.05) is 19.5 Å². The minimum atomic E-state index is -0.786. The molecule has 1 aromatic rings. The first-order valence-corrected chi connectivity index (χ1v) is 10.3. The fraction of sp³-hybridized carbons (Fsp3) is 0.478. The Labute approximate surface area is 172 Å². The number of nitrogens with zero attached hydrogens (tertiary/aromatic N) is 1. The van der Waals surface area contributed by atoms with Gasteiger partial charge in [-0.05, 0) is 44.7 Å². The maximum Gasteiger partial charge on any atom is 0.408 e. The van der Waals surface area contributed by atoms with Crippen molar-refractivity contribution >= 4 is 12.1 Å². The van der Waals surface area contributed by atoms with E-state index in [1.807, 2.05) is 48.6 Å². The number of carboxylic acids is 1. The van der Waals surface area contributed by atoms with Crippen LogP contribution in [0, 0.1) is 0 Å². The molecular weight excluding hydrogens is 368 g/mol. The summed E-state index contributed by atoms with van der Waals surface area (Å²) in [6, 6.07) is 9.86. The molecule has 1 fully saturated rings. The number of benzene rings is 1. The van der Waals surface area contributed by atoms with E-state index in [1.54, 1.807) is 0 Å². The third-order valence-corrected chi connectivity index (χ3v) is 5.66. The van der Waals surface area contributed by atoms with Crippen LogP contribution >= 0.6 is 0 Å². The molecule has 6 heteroatoms. The van der Waals surface area contributed by atoms with Crippen LogP contribution < -0.4 is 5.32 Å². The number of alkyl carbamates (subject to hydrolysis) is 1. The molecule has 1 aromatic carbocycles. The highest BCUT2D eigenvalue weighted by Gasteiger charge is 2.35. The predicted octanol–water partition coefficient (Wildman–Crippen LogP) is 3.84. The van der Waals surface area contributed by atoms with E-state index in [-0.39, 0.29) is 12.5 Å². The van der Waals surface area contributed by atoms with E-state index >= 15 is 0 Å². The largest absolute Gasteiger partial charge is 0.481 e. The molecule has 0 bridgehead atoms. The summed E-state index contributed by atoms with van der Waals surface area (Å²) < 4.78 is 5.73. The molecule has 156 valence electrons. The summed E-state index contributed by atoms with van der Waals surface area (Å²) in [6.45, 7) is 1.86. The van der Waals surface area contributed by atoms with E-state index in [0.29, 0.717) is 19.3 Å². The smallest absolute Gasteiger partial charge is 0.408 e. The van der Waals surface area contributed by atoms with Crippen molar-refractivity contribution in [1.29, 1.82) is 0 Å². The van der Waals surface area contributed by atoms with Gasteiger partial charge in [0.25, 0.3) is 0 Å². The van der Waals surface area contributed by atoms with Crippen LogP contribution in [-0.4, -0.2) is 48.3 Å². The Hall–Kier alpha value is -2.60. The van der Waals surface area contributed by atoms with Crippen molar-refractivity contribution < 1.29 is 19.4 Å². The molecule has 2 N–H and O–H groups in total. The van der Waals surface area contributed by atoms with Crippen LogP contribution in [-0.2, 0) is 15.1 Å². The van der Waals surface area contributed by atoms with Crippen LogP contribution in [0.4, 0.5) is 4.79 Å². The van der Waals surface area contributed by atoms with E-state index < -0.39 is 17.6 Å². The number of carbonyl (C=O) groups is 2. The highest BCUT2D eigenvalue weighted by atomic mass is 16.6. The molecule has 1 unspecified atom stereocenters. The minimum Gasteiger partial charge on any atom is -0.481 e. The van der Waals surface area contributed by atoms with Crippen LogP contribution in [0.1, 0.15) is 44.1 Å². The van der Waals surface area contributed by atoms with Crippen molar-refractivity contribution in [2.45, 2.75) is 50.2 Å². The summed E-state index contributed by atoms with van der Waals surface area (Å²) in [6.07, 6.45) is 9.22. The molecule has 0 saturated carbocycles. The summed E-state index contributed by atoms with van der Waals surface area (Å²) >= 11 is 0. The minimum absolute atomic E-state index is 0.0582. The number of allylic oxidation sites excluding steroid dienone is 2. The van der Waals surface area contributed by atoms with Crippen LogP contribution in [0.3, 0.4) is 0 Å². The number of hydrogen-bond acceptors (Lipinski definition) is 4. The number of piperidine rings is 1. The standard InChI is InChI=1S/C23H30N2O4/c1-25-15-12-20(13-16-25)29-22(28)24-23(19-9-3-2-4-10-19)14-6-8-18(17-23)7-5-11-21(26)27/h2-4,6,8-10,14,20H,5,7,11-13,15-17H2,1H3,(H,24,28)(H,26,27). The molecule has 1 aliphatic carbocycles. The Morgan fingerprint density at radius 2 is 1.97 bits per heavy atom. The van der Waals surface area contributed by atoms with Gasteiger partial charge in [-0.1, -0.05) is 54.1 Å². The summed E-state index contributed by atoms with van der Waals surface area (Å²) in [4.78, 5) is 25.8. The number of carboxylic acid groups (broad SMARTS) is 1. The summed E-state index contributed by atoms with van der Waals surface area (Å²) in [5.41, 5.74) is 1.43. The number of hydrogen-bond donors (Lipinski definition) is 2. The lowest BCUT2D eigenvalue weighted by atomic mass is 9.79. The molecule has 0 radical (unpaired) electrons. The molecule has 0 aromatic heterocycles. The summed E-state index contributed by atoms with van der Waals surface area (Å²) in [5, 5.41) is 12.0. The molecule has 1 aliphatic heterocycles. The Morgan fingerprint density at radius 3 is 2.66 bits per heavy atom. The van der Waals surface area contributed by atoms with Crippen LogP contribution in [0.5, 0.6) is 0 Å². The van der Waals surface area contributed by atoms with E-state index in [0.717, 1.165) is 37.1 Å². The zero-order valence-electron chi connectivity index (χ0n) is 17.0. The normalized spacial score (nSPS) is 22.7. The Kier molecular flexibility index (Phi) is 7.09. The van der Waals surface area contributed by atoms with Gasteiger partial charge in [0.15, 0.2) is 0 Å². The lowest BCUT2D eigenvalue weighted by Gasteiger charge is -2.36. The first-order valence-electron chi connectivity index (χ1n) is 10.3. The first kappa shape index (κ1) is 21.1. The third kappa shape index (κ3) is 5.94. The van der Waals surface area contributed by atoms with Gasteiger partial charge in [0.2, 0.25) is 0 Å². The number of amides is 1. The van der Waals surface area contributed by atoms with Gasteiger partial charge in [0.05, 0.1) is 5.54 Å². The van der Waals surface area contributed by atoms with E-state index in [1.165, 1.54) is 0 Å². The Balaban J connectivity index is 1.70. The maximum absolute atomic E-state index is 12.8. The second-order valence-corrected chi connectivity index (χ2v) is 7.98. The predicted molar refractivity (Wildman–Crippen MR) is 112 cm³/mol. The van der Waals surface area contributed by atoms with Crippen molar-refractivity contribution in [3.8, 4) is 0 Å². The van der Waals surface area contributed by atoms with Gasteiger partial charge in [-0.15, -0.1) is 0 Å². The topological polar surface area (TPSA) is 78.9 Å². The average Bonchev–Trinajstić information content (AvgIpc) is 2.70. The van der Waals surface area contributed by atoms with Crippen molar-refractivity contribution in [3.63, 3.8) is 0 Å². The quantitative estimate of drug-likeness (QED) is 0.729. The van der Waals surface area contributed by atoms with Crippen LogP contribution in [0.25, 0.3) is 0 Å². The second kappa shape index (κ2) is 9.74. The lowest BCUT2D eigenvalue weighted by molar-refractivity contribution is -0.137.